The minimum Gasteiger partial charge on any atom is -0.306 e. The Bertz CT molecular complexity index is 627. The van der Waals surface area contributed by atoms with Crippen LogP contribution in [0.25, 0.3) is 0 Å². The molecule has 0 saturated carbocycles. The maximum Gasteiger partial charge on any atom is 0.443 e. The molecule has 1 heterocycles. The summed E-state index contributed by atoms with van der Waals surface area (Å²) in [6.07, 6.45) is -3.35. The predicted octanol–water partition coefficient (Wildman–Crippen LogP) is 4.76. The van der Waals surface area contributed by atoms with E-state index in [0.29, 0.717) is 27.2 Å². The fraction of sp³-hybridized carbons (Fsp3) is 0.308. The Hall–Kier alpha value is -0.990. The zero-order valence-electron chi connectivity index (χ0n) is 10.8. The number of alkyl halides is 3. The van der Waals surface area contributed by atoms with Crippen molar-refractivity contribution in [2.45, 2.75) is 19.1 Å². The van der Waals surface area contributed by atoms with E-state index in [1.54, 1.807) is 13.0 Å². The maximum atomic E-state index is 14.0. The lowest BCUT2D eigenvalue weighted by Crippen LogP contribution is -2.22. The molecule has 0 radical (unpaired) electrons. The standard InChI is InChI=1S/C13H11BrF4N2S/c1-2-19-11(8-5-7(14)3-4-9(8)15)10-6-20-12(21-10)13(16,17)18/h3-6,11,19H,2H2,1H3. The molecule has 0 spiro atoms. The van der Waals surface area contributed by atoms with E-state index in [0.717, 1.165) is 6.20 Å². The van der Waals surface area contributed by atoms with Crippen molar-refractivity contribution in [3.05, 3.63) is 50.1 Å². The number of benzene rings is 1. The summed E-state index contributed by atoms with van der Waals surface area (Å²) >= 11 is 3.76. The number of rotatable bonds is 4. The highest BCUT2D eigenvalue weighted by atomic mass is 79.9. The number of nitrogens with zero attached hydrogens (tertiary/aromatic N) is 1. The van der Waals surface area contributed by atoms with E-state index in [9.17, 15) is 17.6 Å². The smallest absolute Gasteiger partial charge is 0.306 e. The van der Waals surface area contributed by atoms with Crippen molar-refractivity contribution >= 4 is 27.3 Å². The Balaban J connectivity index is 2.44. The molecule has 1 aromatic carbocycles. The van der Waals surface area contributed by atoms with Crippen LogP contribution in [0.5, 0.6) is 0 Å². The zero-order valence-corrected chi connectivity index (χ0v) is 13.2. The Morgan fingerprint density at radius 1 is 1.38 bits per heavy atom. The van der Waals surface area contributed by atoms with E-state index in [2.05, 4.69) is 26.2 Å². The second kappa shape index (κ2) is 6.41. The summed E-state index contributed by atoms with van der Waals surface area (Å²) in [4.78, 5) is 3.71. The molecule has 2 aromatic rings. The van der Waals surface area contributed by atoms with E-state index in [-0.39, 0.29) is 5.56 Å². The molecule has 0 aliphatic carbocycles. The number of nitrogens with one attached hydrogen (secondary N) is 1. The van der Waals surface area contributed by atoms with Gasteiger partial charge in [-0.3, -0.25) is 0 Å². The third-order valence-corrected chi connectivity index (χ3v) is 4.33. The van der Waals surface area contributed by atoms with Crippen LogP contribution in [-0.2, 0) is 6.18 Å². The predicted molar refractivity (Wildman–Crippen MR) is 76.7 cm³/mol. The summed E-state index contributed by atoms with van der Waals surface area (Å²) in [5, 5.41) is 2.06. The normalized spacial score (nSPS) is 13.4. The Morgan fingerprint density at radius 3 is 2.67 bits per heavy atom. The molecule has 2 nitrogen and oxygen atoms in total. The van der Waals surface area contributed by atoms with Crippen LogP contribution in [0.4, 0.5) is 17.6 Å². The van der Waals surface area contributed by atoms with Gasteiger partial charge < -0.3 is 5.32 Å². The molecule has 0 saturated heterocycles. The fourth-order valence-corrected chi connectivity index (χ4v) is 3.11. The number of halogens is 5. The summed E-state index contributed by atoms with van der Waals surface area (Å²) in [5.74, 6) is -0.480. The lowest BCUT2D eigenvalue weighted by atomic mass is 10.1. The van der Waals surface area contributed by atoms with Crippen LogP contribution in [0.1, 0.15) is 28.4 Å². The fourth-order valence-electron chi connectivity index (χ4n) is 1.85. The molecule has 114 valence electrons. The Kier molecular flexibility index (Phi) is 5.00. The maximum absolute atomic E-state index is 14.0. The molecule has 1 N–H and O–H groups in total. The van der Waals surface area contributed by atoms with Crippen LogP contribution >= 0.6 is 27.3 Å². The van der Waals surface area contributed by atoms with E-state index < -0.39 is 23.0 Å². The molecular weight excluding hydrogens is 372 g/mol. The number of hydrogen-bond donors (Lipinski definition) is 1. The number of aromatic nitrogens is 1. The average Bonchev–Trinajstić information content (AvgIpc) is 2.88. The molecule has 0 aliphatic rings. The molecular formula is C13H11BrF4N2S. The highest BCUT2D eigenvalue weighted by molar-refractivity contribution is 9.10. The van der Waals surface area contributed by atoms with E-state index in [1.165, 1.54) is 12.1 Å². The summed E-state index contributed by atoms with van der Waals surface area (Å²) in [7, 11) is 0. The molecule has 0 amide bonds. The van der Waals surface area contributed by atoms with Crippen LogP contribution in [0.2, 0.25) is 0 Å². The van der Waals surface area contributed by atoms with Gasteiger partial charge in [0.05, 0.1) is 6.04 Å². The van der Waals surface area contributed by atoms with Crippen molar-refractivity contribution in [1.82, 2.24) is 10.3 Å². The van der Waals surface area contributed by atoms with E-state index in [4.69, 9.17) is 0 Å². The lowest BCUT2D eigenvalue weighted by molar-refractivity contribution is -0.137. The van der Waals surface area contributed by atoms with Gasteiger partial charge >= 0.3 is 6.18 Å². The minimum atomic E-state index is -4.49. The van der Waals surface area contributed by atoms with E-state index in [1.807, 2.05) is 0 Å². The van der Waals surface area contributed by atoms with Gasteiger partial charge in [0.1, 0.15) is 5.82 Å². The molecule has 8 heteroatoms. The van der Waals surface area contributed by atoms with Crippen molar-refractivity contribution < 1.29 is 17.6 Å². The first kappa shape index (κ1) is 16.4. The molecule has 0 bridgehead atoms. The quantitative estimate of drug-likeness (QED) is 0.770. The molecule has 0 fully saturated rings. The molecule has 2 rings (SSSR count). The van der Waals surface area contributed by atoms with Gasteiger partial charge in [0.15, 0.2) is 5.01 Å². The lowest BCUT2D eigenvalue weighted by Gasteiger charge is -2.17. The summed E-state index contributed by atoms with van der Waals surface area (Å²) in [5.41, 5.74) is 0.281. The molecule has 1 aromatic heterocycles. The minimum absolute atomic E-state index is 0.281. The van der Waals surface area contributed by atoms with Gasteiger partial charge in [0.2, 0.25) is 0 Å². The van der Waals surface area contributed by atoms with Gasteiger partial charge in [0.25, 0.3) is 0 Å². The SMILES string of the molecule is CCNC(c1cnc(C(F)(F)F)s1)c1cc(Br)ccc1F. The summed E-state index contributed by atoms with van der Waals surface area (Å²) < 4.78 is 52.6. The summed E-state index contributed by atoms with van der Waals surface area (Å²) in [6.45, 7) is 2.28. The van der Waals surface area contributed by atoms with Gasteiger partial charge in [-0.15, -0.1) is 11.3 Å². The summed E-state index contributed by atoms with van der Waals surface area (Å²) in [6, 6.07) is 3.70. The van der Waals surface area contributed by atoms with Crippen molar-refractivity contribution in [3.8, 4) is 0 Å². The number of thiazole rings is 1. The number of hydrogen-bond acceptors (Lipinski definition) is 3. The first-order chi connectivity index (χ1) is 9.82. The van der Waals surface area contributed by atoms with Gasteiger partial charge in [-0.1, -0.05) is 22.9 Å². The molecule has 0 aliphatic heterocycles. The van der Waals surface area contributed by atoms with Crippen LogP contribution in [0.3, 0.4) is 0 Å². The van der Waals surface area contributed by atoms with Crippen molar-refractivity contribution in [2.24, 2.45) is 0 Å². The monoisotopic (exact) mass is 382 g/mol. The molecule has 21 heavy (non-hydrogen) atoms. The third-order valence-electron chi connectivity index (χ3n) is 2.73. The van der Waals surface area contributed by atoms with Crippen LogP contribution in [0.15, 0.2) is 28.9 Å². The van der Waals surface area contributed by atoms with Gasteiger partial charge in [0, 0.05) is 21.1 Å². The van der Waals surface area contributed by atoms with Crippen molar-refractivity contribution in [3.63, 3.8) is 0 Å². The average molecular weight is 383 g/mol. The molecule has 1 atom stereocenters. The first-order valence-electron chi connectivity index (χ1n) is 6.04. The van der Waals surface area contributed by atoms with Crippen LogP contribution in [-0.4, -0.2) is 11.5 Å². The largest absolute Gasteiger partial charge is 0.443 e. The highest BCUT2D eigenvalue weighted by Crippen LogP contribution is 2.36. The first-order valence-corrected chi connectivity index (χ1v) is 7.65. The topological polar surface area (TPSA) is 24.9 Å². The van der Waals surface area contributed by atoms with Gasteiger partial charge in [-0.05, 0) is 24.7 Å². The van der Waals surface area contributed by atoms with E-state index >= 15 is 0 Å². The molecule has 1 unspecified atom stereocenters. The van der Waals surface area contributed by atoms with Crippen molar-refractivity contribution in [2.75, 3.05) is 6.54 Å². The van der Waals surface area contributed by atoms with Gasteiger partial charge in [-0.25, -0.2) is 9.37 Å². The Morgan fingerprint density at radius 2 is 2.10 bits per heavy atom. The van der Waals surface area contributed by atoms with Crippen LogP contribution < -0.4 is 5.32 Å². The second-order valence-corrected chi connectivity index (χ2v) is 6.20. The third kappa shape index (κ3) is 3.81. The highest BCUT2D eigenvalue weighted by Gasteiger charge is 2.35. The second-order valence-electron chi connectivity index (χ2n) is 4.22. The Labute approximate surface area is 131 Å². The van der Waals surface area contributed by atoms with Crippen molar-refractivity contribution in [1.29, 1.82) is 0 Å². The van der Waals surface area contributed by atoms with Gasteiger partial charge in [-0.2, -0.15) is 13.2 Å². The zero-order chi connectivity index (χ0) is 15.6. The van der Waals surface area contributed by atoms with Crippen LogP contribution in [0, 0.1) is 5.82 Å².